The molecule has 0 saturated carbocycles. The van der Waals surface area contributed by atoms with Gasteiger partial charge >= 0.3 is 6.36 Å². The molecule has 0 atom stereocenters. The number of nitrogens with one attached hydrogen (secondary N) is 1. The van der Waals surface area contributed by atoms with Gasteiger partial charge in [-0.05, 0) is 36.4 Å². The lowest BCUT2D eigenvalue weighted by atomic mass is 10.2. The number of carbonyl (C=O) groups is 1. The van der Waals surface area contributed by atoms with E-state index in [1.165, 1.54) is 28.6 Å². The summed E-state index contributed by atoms with van der Waals surface area (Å²) in [6.45, 7) is 0.903. The van der Waals surface area contributed by atoms with Gasteiger partial charge < -0.3 is 10.1 Å². The van der Waals surface area contributed by atoms with Gasteiger partial charge in [0.15, 0.2) is 0 Å². The third-order valence-electron chi connectivity index (χ3n) is 4.70. The molecule has 2 aromatic rings. The number of benzene rings is 2. The molecule has 3 rings (SSSR count). The Morgan fingerprint density at radius 1 is 1.06 bits per heavy atom. The molecule has 1 saturated heterocycles. The van der Waals surface area contributed by atoms with Gasteiger partial charge in [-0.3, -0.25) is 9.69 Å². The number of alkyl halides is 3. The van der Waals surface area contributed by atoms with Crippen molar-refractivity contribution in [3.63, 3.8) is 0 Å². The average molecular weight is 468 g/mol. The van der Waals surface area contributed by atoms with E-state index in [0.29, 0.717) is 18.8 Å². The molecule has 1 aliphatic heterocycles. The van der Waals surface area contributed by atoms with Crippen LogP contribution < -0.4 is 10.1 Å². The highest BCUT2D eigenvalue weighted by Crippen LogP contribution is 2.24. The Labute approximate surface area is 182 Å². The first kappa shape index (κ1) is 23.5. The van der Waals surface area contributed by atoms with Gasteiger partial charge in [0.05, 0.1) is 17.0 Å². The van der Waals surface area contributed by atoms with E-state index in [9.17, 15) is 26.4 Å². The summed E-state index contributed by atoms with van der Waals surface area (Å²) < 4.78 is 67.3. The van der Waals surface area contributed by atoms with Crippen LogP contribution in [0, 0.1) is 11.3 Å². The highest BCUT2D eigenvalue weighted by Gasteiger charge is 2.32. The lowest BCUT2D eigenvalue weighted by Gasteiger charge is -2.33. The topological polar surface area (TPSA) is 103 Å². The molecule has 0 spiro atoms. The van der Waals surface area contributed by atoms with Crippen LogP contribution in [-0.2, 0) is 14.8 Å². The number of ether oxygens (including phenoxy) is 1. The number of hydrogen-bond acceptors (Lipinski definition) is 6. The molecule has 0 unspecified atom stereocenters. The summed E-state index contributed by atoms with van der Waals surface area (Å²) in [5, 5.41) is 11.7. The molecule has 0 radical (unpaired) electrons. The molecule has 0 aliphatic carbocycles. The fraction of sp³-hybridized carbons (Fsp3) is 0.300. The number of halogens is 3. The van der Waals surface area contributed by atoms with E-state index in [1.54, 1.807) is 17.0 Å². The van der Waals surface area contributed by atoms with Gasteiger partial charge in [0, 0.05) is 31.9 Å². The number of amides is 1. The highest BCUT2D eigenvalue weighted by atomic mass is 32.2. The van der Waals surface area contributed by atoms with Gasteiger partial charge in [-0.1, -0.05) is 12.1 Å². The number of nitriles is 1. The SMILES string of the molecule is N#Cc1ccccc1S(=O)(=O)N1CCN(CC(=O)Nc2ccc(OC(F)(F)F)cc2)CC1. The number of carbonyl (C=O) groups excluding carboxylic acids is 1. The molecule has 170 valence electrons. The fourth-order valence-electron chi connectivity index (χ4n) is 3.19. The summed E-state index contributed by atoms with van der Waals surface area (Å²) in [5.74, 6) is -0.786. The number of hydrogen-bond donors (Lipinski definition) is 1. The van der Waals surface area contributed by atoms with E-state index < -0.39 is 22.1 Å². The molecular weight excluding hydrogens is 449 g/mol. The summed E-state index contributed by atoms with van der Waals surface area (Å²) in [6, 6.07) is 12.6. The van der Waals surface area contributed by atoms with Crippen molar-refractivity contribution in [3.8, 4) is 11.8 Å². The minimum Gasteiger partial charge on any atom is -0.406 e. The summed E-state index contributed by atoms with van der Waals surface area (Å²) in [5.41, 5.74) is 0.375. The Morgan fingerprint density at radius 2 is 1.69 bits per heavy atom. The first-order valence-corrected chi connectivity index (χ1v) is 10.9. The zero-order chi connectivity index (χ0) is 23.4. The first-order valence-electron chi connectivity index (χ1n) is 9.46. The van der Waals surface area contributed by atoms with Crippen LogP contribution in [0.15, 0.2) is 53.4 Å². The number of sulfonamides is 1. The summed E-state index contributed by atoms with van der Waals surface area (Å²) in [6.07, 6.45) is -4.79. The van der Waals surface area contributed by atoms with Crippen LogP contribution in [-0.4, -0.2) is 62.6 Å². The summed E-state index contributed by atoms with van der Waals surface area (Å²) in [7, 11) is -3.83. The van der Waals surface area contributed by atoms with Gasteiger partial charge in [0.2, 0.25) is 15.9 Å². The molecule has 1 amide bonds. The maximum atomic E-state index is 12.8. The largest absolute Gasteiger partial charge is 0.573 e. The molecular formula is C20H19F3N4O4S. The first-order chi connectivity index (χ1) is 15.1. The van der Waals surface area contributed by atoms with Gasteiger partial charge in [-0.15, -0.1) is 13.2 Å². The Kier molecular flexibility index (Phi) is 7.02. The minimum atomic E-state index is -4.79. The Hall–Kier alpha value is -3.14. The lowest BCUT2D eigenvalue weighted by molar-refractivity contribution is -0.274. The minimum absolute atomic E-state index is 0.0104. The molecule has 32 heavy (non-hydrogen) atoms. The highest BCUT2D eigenvalue weighted by molar-refractivity contribution is 7.89. The van der Waals surface area contributed by atoms with Crippen LogP contribution in [0.2, 0.25) is 0 Å². The number of nitrogens with zero attached hydrogens (tertiary/aromatic N) is 3. The van der Waals surface area contributed by atoms with Gasteiger partial charge in [0.1, 0.15) is 11.8 Å². The predicted molar refractivity (Wildman–Crippen MR) is 108 cm³/mol. The lowest BCUT2D eigenvalue weighted by Crippen LogP contribution is -2.50. The van der Waals surface area contributed by atoms with E-state index in [2.05, 4.69) is 10.1 Å². The van der Waals surface area contributed by atoms with E-state index in [0.717, 1.165) is 12.1 Å². The van der Waals surface area contributed by atoms with Crippen molar-refractivity contribution in [1.82, 2.24) is 9.21 Å². The van der Waals surface area contributed by atoms with Gasteiger partial charge in [-0.2, -0.15) is 9.57 Å². The normalized spacial score (nSPS) is 15.7. The van der Waals surface area contributed by atoms with Crippen LogP contribution in [0.4, 0.5) is 18.9 Å². The quantitative estimate of drug-likeness (QED) is 0.699. The monoisotopic (exact) mass is 468 g/mol. The zero-order valence-electron chi connectivity index (χ0n) is 16.7. The Balaban J connectivity index is 1.52. The predicted octanol–water partition coefficient (Wildman–Crippen LogP) is 2.40. The molecule has 8 nitrogen and oxygen atoms in total. The van der Waals surface area contributed by atoms with E-state index in [1.807, 2.05) is 6.07 Å². The van der Waals surface area contributed by atoms with Crippen molar-refractivity contribution in [2.24, 2.45) is 0 Å². The molecule has 1 heterocycles. The van der Waals surface area contributed by atoms with Crippen LogP contribution in [0.5, 0.6) is 5.75 Å². The Bertz CT molecular complexity index is 1110. The van der Waals surface area contributed by atoms with Crippen LogP contribution in [0.25, 0.3) is 0 Å². The molecule has 0 aromatic heterocycles. The summed E-state index contributed by atoms with van der Waals surface area (Å²) >= 11 is 0. The molecule has 2 aromatic carbocycles. The van der Waals surface area contributed by atoms with Crippen LogP contribution >= 0.6 is 0 Å². The second kappa shape index (κ2) is 9.56. The van der Waals surface area contributed by atoms with Crippen molar-refractivity contribution in [2.45, 2.75) is 11.3 Å². The van der Waals surface area contributed by atoms with E-state index in [4.69, 9.17) is 5.26 Å². The maximum Gasteiger partial charge on any atom is 0.573 e. The van der Waals surface area contributed by atoms with Gasteiger partial charge in [0.25, 0.3) is 0 Å². The van der Waals surface area contributed by atoms with Crippen molar-refractivity contribution >= 4 is 21.6 Å². The third kappa shape index (κ3) is 5.97. The Morgan fingerprint density at radius 3 is 2.28 bits per heavy atom. The van der Waals surface area contributed by atoms with Crippen LogP contribution in [0.1, 0.15) is 5.56 Å². The molecule has 12 heteroatoms. The molecule has 0 bridgehead atoms. The van der Waals surface area contributed by atoms with E-state index in [-0.39, 0.29) is 36.0 Å². The second-order valence-corrected chi connectivity index (χ2v) is 8.81. The van der Waals surface area contributed by atoms with Crippen molar-refractivity contribution in [3.05, 3.63) is 54.1 Å². The standard InChI is InChI=1S/C20H19F3N4O4S/c21-20(22,23)31-17-7-5-16(6-8-17)25-19(28)14-26-9-11-27(12-10-26)32(29,30)18-4-2-1-3-15(18)13-24/h1-8H,9-12,14H2,(H,25,28). The fourth-order valence-corrected chi connectivity index (χ4v) is 4.76. The number of piperazine rings is 1. The van der Waals surface area contributed by atoms with E-state index >= 15 is 0 Å². The average Bonchev–Trinajstić information content (AvgIpc) is 2.74. The third-order valence-corrected chi connectivity index (χ3v) is 6.65. The van der Waals surface area contributed by atoms with Crippen molar-refractivity contribution in [1.29, 1.82) is 5.26 Å². The molecule has 1 N–H and O–H groups in total. The summed E-state index contributed by atoms with van der Waals surface area (Å²) in [4.78, 5) is 14.0. The van der Waals surface area contributed by atoms with Gasteiger partial charge in [-0.25, -0.2) is 8.42 Å². The molecule has 1 aliphatic rings. The zero-order valence-corrected chi connectivity index (χ0v) is 17.5. The second-order valence-electron chi connectivity index (χ2n) is 6.91. The van der Waals surface area contributed by atoms with Crippen molar-refractivity contribution in [2.75, 3.05) is 38.0 Å². The number of anilines is 1. The molecule has 1 fully saturated rings. The van der Waals surface area contributed by atoms with Crippen molar-refractivity contribution < 1.29 is 31.1 Å². The van der Waals surface area contributed by atoms with Crippen LogP contribution in [0.3, 0.4) is 0 Å². The maximum absolute atomic E-state index is 12.8. The smallest absolute Gasteiger partial charge is 0.406 e. The number of rotatable bonds is 6.